The zero-order valence-corrected chi connectivity index (χ0v) is 26.9. The van der Waals surface area contributed by atoms with Crippen molar-refractivity contribution in [3.63, 3.8) is 0 Å². The number of nitrogens with one attached hydrogen (secondary N) is 2. The lowest BCUT2D eigenvalue weighted by Gasteiger charge is -2.36. The molecule has 7 heteroatoms. The van der Waals surface area contributed by atoms with E-state index in [0.717, 1.165) is 42.0 Å². The summed E-state index contributed by atoms with van der Waals surface area (Å²) in [5, 5.41) is 8.03. The van der Waals surface area contributed by atoms with Gasteiger partial charge in [-0.2, -0.15) is 0 Å². The van der Waals surface area contributed by atoms with Crippen LogP contribution in [0, 0.1) is 12.8 Å². The van der Waals surface area contributed by atoms with Gasteiger partial charge >= 0.3 is 6.09 Å². The molecule has 0 heterocycles. The molecule has 0 fully saturated rings. The molecule has 0 radical (unpaired) electrons. The minimum absolute atomic E-state index is 0.180. The SMILES string of the molecule is CCCCCCN(C(=O)C(NC(=O)OC(C)(C)C)C(C)CC)C(C(=O)Nc1ccc2ccccc2c1)c1ccc(C)cc1. The lowest BCUT2D eigenvalue weighted by atomic mass is 9.95. The third kappa shape index (κ3) is 9.84. The molecule has 0 aromatic heterocycles. The van der Waals surface area contributed by atoms with Gasteiger partial charge in [0.1, 0.15) is 17.7 Å². The first kappa shape index (κ1) is 33.6. The molecule has 0 saturated carbocycles. The number of ether oxygens (including phenoxy) is 1. The summed E-state index contributed by atoms with van der Waals surface area (Å²) < 4.78 is 5.53. The lowest BCUT2D eigenvalue weighted by Crippen LogP contribution is -2.55. The Bertz CT molecular complexity index is 1360. The summed E-state index contributed by atoms with van der Waals surface area (Å²) in [5.41, 5.74) is 1.72. The molecule has 0 saturated heterocycles. The number of amides is 3. The summed E-state index contributed by atoms with van der Waals surface area (Å²) in [5.74, 6) is -0.778. The van der Waals surface area contributed by atoms with Gasteiger partial charge in [-0.05, 0) is 68.5 Å². The van der Waals surface area contributed by atoms with Crippen molar-refractivity contribution in [2.45, 2.75) is 98.3 Å². The molecule has 0 aliphatic rings. The fraction of sp³-hybridized carbons (Fsp3) is 0.472. The largest absolute Gasteiger partial charge is 0.444 e. The number of aryl methyl sites for hydroxylation is 1. The van der Waals surface area contributed by atoms with Gasteiger partial charge in [-0.25, -0.2) is 4.79 Å². The topological polar surface area (TPSA) is 87.7 Å². The average molecular weight is 588 g/mol. The number of nitrogens with zero attached hydrogens (tertiary/aromatic N) is 1. The predicted molar refractivity (Wildman–Crippen MR) is 175 cm³/mol. The molecule has 3 amide bonds. The Balaban J connectivity index is 2.03. The molecule has 7 nitrogen and oxygen atoms in total. The average Bonchev–Trinajstić information content (AvgIpc) is 2.96. The van der Waals surface area contributed by atoms with Gasteiger partial charge in [0.15, 0.2) is 0 Å². The molecule has 3 aromatic carbocycles. The van der Waals surface area contributed by atoms with Crippen LogP contribution in [0.3, 0.4) is 0 Å². The fourth-order valence-electron chi connectivity index (χ4n) is 5.07. The fourth-order valence-corrected chi connectivity index (χ4v) is 5.07. The molecule has 3 rings (SSSR count). The van der Waals surface area contributed by atoms with Crippen molar-refractivity contribution >= 4 is 34.4 Å². The van der Waals surface area contributed by atoms with Crippen LogP contribution in [0.2, 0.25) is 0 Å². The Morgan fingerprint density at radius 2 is 1.56 bits per heavy atom. The molecule has 3 aromatic rings. The van der Waals surface area contributed by atoms with Crippen LogP contribution in [0.25, 0.3) is 10.8 Å². The van der Waals surface area contributed by atoms with E-state index in [9.17, 15) is 14.4 Å². The van der Waals surface area contributed by atoms with Crippen LogP contribution in [0.15, 0.2) is 66.7 Å². The minimum Gasteiger partial charge on any atom is -0.444 e. The Kier molecular flexibility index (Phi) is 12.2. The van der Waals surface area contributed by atoms with Crippen LogP contribution in [-0.4, -0.2) is 41.0 Å². The number of hydrogen-bond donors (Lipinski definition) is 2. The number of fused-ring (bicyclic) bond motifs is 1. The summed E-state index contributed by atoms with van der Waals surface area (Å²) in [4.78, 5) is 43.3. The third-order valence-corrected chi connectivity index (χ3v) is 7.66. The Morgan fingerprint density at radius 1 is 0.884 bits per heavy atom. The first-order valence-electron chi connectivity index (χ1n) is 15.6. The molecule has 0 bridgehead atoms. The Hall–Kier alpha value is -3.87. The van der Waals surface area contributed by atoms with Crippen LogP contribution in [0.4, 0.5) is 10.5 Å². The van der Waals surface area contributed by atoms with Crippen molar-refractivity contribution in [3.05, 3.63) is 77.9 Å². The maximum absolute atomic E-state index is 14.5. The van der Waals surface area contributed by atoms with E-state index in [2.05, 4.69) is 17.6 Å². The molecule has 0 aliphatic carbocycles. The summed E-state index contributed by atoms with van der Waals surface area (Å²) in [6.07, 6.45) is 3.77. The van der Waals surface area contributed by atoms with Gasteiger partial charge < -0.3 is 20.3 Å². The quantitative estimate of drug-likeness (QED) is 0.197. The second-order valence-corrected chi connectivity index (χ2v) is 12.5. The van der Waals surface area contributed by atoms with Crippen LogP contribution in [-0.2, 0) is 14.3 Å². The van der Waals surface area contributed by atoms with Gasteiger partial charge in [-0.15, -0.1) is 0 Å². The number of hydrogen-bond acceptors (Lipinski definition) is 4. The van der Waals surface area contributed by atoms with Gasteiger partial charge in [-0.1, -0.05) is 107 Å². The van der Waals surface area contributed by atoms with Gasteiger partial charge in [0.25, 0.3) is 5.91 Å². The third-order valence-electron chi connectivity index (χ3n) is 7.66. The Labute approximate surface area is 257 Å². The van der Waals surface area contributed by atoms with Gasteiger partial charge in [0.2, 0.25) is 5.91 Å². The molecular formula is C36H49N3O4. The maximum atomic E-state index is 14.5. The monoisotopic (exact) mass is 587 g/mol. The highest BCUT2D eigenvalue weighted by Gasteiger charge is 2.38. The van der Waals surface area contributed by atoms with Crippen molar-refractivity contribution < 1.29 is 19.1 Å². The molecule has 0 aliphatic heterocycles. The summed E-state index contributed by atoms with van der Waals surface area (Å²) in [6.45, 7) is 13.8. The second-order valence-electron chi connectivity index (χ2n) is 12.5. The number of benzene rings is 3. The molecule has 3 unspecified atom stereocenters. The van der Waals surface area contributed by atoms with E-state index >= 15 is 0 Å². The number of carbonyl (C=O) groups excluding carboxylic acids is 3. The maximum Gasteiger partial charge on any atom is 0.408 e. The van der Waals surface area contributed by atoms with Crippen LogP contribution < -0.4 is 10.6 Å². The second kappa shape index (κ2) is 15.6. The summed E-state index contributed by atoms with van der Waals surface area (Å²) in [6, 6.07) is 19.8. The van der Waals surface area contributed by atoms with E-state index in [-0.39, 0.29) is 17.7 Å². The predicted octanol–water partition coefficient (Wildman–Crippen LogP) is 8.18. The van der Waals surface area contributed by atoms with Crippen molar-refractivity contribution in [2.24, 2.45) is 5.92 Å². The number of carbonyl (C=O) groups is 3. The van der Waals surface area contributed by atoms with E-state index < -0.39 is 23.8 Å². The van der Waals surface area contributed by atoms with Crippen LogP contribution in [0.1, 0.15) is 90.8 Å². The summed E-state index contributed by atoms with van der Waals surface area (Å²) in [7, 11) is 0. The van der Waals surface area contributed by atoms with E-state index in [1.54, 1.807) is 25.7 Å². The molecule has 232 valence electrons. The molecule has 0 spiro atoms. The van der Waals surface area contributed by atoms with Gasteiger partial charge in [-0.3, -0.25) is 9.59 Å². The summed E-state index contributed by atoms with van der Waals surface area (Å²) >= 11 is 0. The van der Waals surface area contributed by atoms with Crippen molar-refractivity contribution in [3.8, 4) is 0 Å². The highest BCUT2D eigenvalue weighted by molar-refractivity contribution is 6.00. The van der Waals surface area contributed by atoms with Crippen LogP contribution in [0.5, 0.6) is 0 Å². The smallest absolute Gasteiger partial charge is 0.408 e. The standard InChI is InChI=1S/C36H49N3O4/c1-8-10-11-14-23-39(34(41)31(26(4)9-2)38-35(42)43-36(5,6)7)32(28-19-17-25(3)18-20-28)33(40)37-30-22-21-27-15-12-13-16-29(27)24-30/h12-13,15-22,24,26,31-32H,8-11,14,23H2,1-7H3,(H,37,40)(H,38,42). The molecular weight excluding hydrogens is 538 g/mol. The minimum atomic E-state index is -0.895. The first-order chi connectivity index (χ1) is 20.4. The van der Waals surface area contributed by atoms with Gasteiger partial charge in [0.05, 0.1) is 0 Å². The van der Waals surface area contributed by atoms with Crippen molar-refractivity contribution in [1.29, 1.82) is 0 Å². The van der Waals surface area contributed by atoms with Crippen molar-refractivity contribution in [2.75, 3.05) is 11.9 Å². The van der Waals surface area contributed by atoms with Crippen molar-refractivity contribution in [1.82, 2.24) is 10.2 Å². The normalized spacial score (nSPS) is 13.6. The molecule has 2 N–H and O–H groups in total. The zero-order valence-electron chi connectivity index (χ0n) is 26.9. The van der Waals surface area contributed by atoms with Crippen LogP contribution >= 0.6 is 0 Å². The molecule has 43 heavy (non-hydrogen) atoms. The lowest BCUT2D eigenvalue weighted by molar-refractivity contribution is -0.142. The number of alkyl carbamates (subject to hydrolysis) is 1. The van der Waals surface area contributed by atoms with E-state index in [1.165, 1.54) is 0 Å². The Morgan fingerprint density at radius 3 is 2.19 bits per heavy atom. The zero-order chi connectivity index (χ0) is 31.6. The van der Waals surface area contributed by atoms with E-state index in [0.29, 0.717) is 24.2 Å². The number of anilines is 1. The number of unbranched alkanes of at least 4 members (excludes halogenated alkanes) is 3. The van der Waals surface area contributed by atoms with E-state index in [4.69, 9.17) is 4.74 Å². The molecule has 3 atom stereocenters. The van der Waals surface area contributed by atoms with Gasteiger partial charge in [0, 0.05) is 12.2 Å². The number of rotatable bonds is 13. The highest BCUT2D eigenvalue weighted by Crippen LogP contribution is 2.28. The highest BCUT2D eigenvalue weighted by atomic mass is 16.6. The van der Waals surface area contributed by atoms with E-state index in [1.807, 2.05) is 87.5 Å². The first-order valence-corrected chi connectivity index (χ1v) is 15.6.